The van der Waals surface area contributed by atoms with Gasteiger partial charge in [-0.25, -0.2) is 24.8 Å². The molecule has 10 heteroatoms. The number of nitrogens with one attached hydrogen (secondary N) is 1. The Kier molecular flexibility index (Phi) is 7.10. The highest BCUT2D eigenvalue weighted by Crippen LogP contribution is 2.35. The number of hydrogen-bond donors (Lipinski definition) is 1. The number of halogens is 4. The van der Waals surface area contributed by atoms with E-state index in [1.807, 2.05) is 11.1 Å². The molecular formula is C27H27F4N5O. The molecule has 6 nitrogen and oxygen atoms in total. The molecule has 1 aromatic heterocycles. The highest BCUT2D eigenvalue weighted by atomic mass is 19.4. The lowest BCUT2D eigenvalue weighted by atomic mass is 9.91. The van der Waals surface area contributed by atoms with E-state index in [2.05, 4.69) is 21.5 Å². The fourth-order valence-electron chi connectivity index (χ4n) is 5.06. The lowest BCUT2D eigenvalue weighted by Crippen LogP contribution is -2.44. The molecule has 2 unspecified atom stereocenters. The average molecular weight is 514 g/mol. The van der Waals surface area contributed by atoms with Crippen LogP contribution < -0.4 is 10.4 Å². The summed E-state index contributed by atoms with van der Waals surface area (Å²) in [4.78, 5) is 23.3. The van der Waals surface area contributed by atoms with Crippen LogP contribution in [0.25, 0.3) is 0 Å². The molecule has 0 saturated carbocycles. The molecule has 5 rings (SSSR count). The average Bonchev–Trinajstić information content (AvgIpc) is 3.35. The van der Waals surface area contributed by atoms with Crippen LogP contribution in [0, 0.1) is 5.92 Å². The first kappa shape index (κ1) is 25.1. The summed E-state index contributed by atoms with van der Waals surface area (Å²) in [6.07, 6.45) is 6.48. The van der Waals surface area contributed by atoms with Crippen molar-refractivity contribution in [3.05, 3.63) is 89.4 Å². The highest BCUT2D eigenvalue weighted by molar-refractivity contribution is 5.79. The third kappa shape index (κ3) is 5.58. The fourth-order valence-corrected chi connectivity index (χ4v) is 5.06. The van der Waals surface area contributed by atoms with Gasteiger partial charge in [-0.2, -0.15) is 13.2 Å². The van der Waals surface area contributed by atoms with Crippen LogP contribution in [0.3, 0.4) is 0 Å². The second-order valence-electron chi connectivity index (χ2n) is 9.38. The molecule has 3 heterocycles. The van der Waals surface area contributed by atoms with Crippen LogP contribution in [0.5, 0.6) is 0 Å². The van der Waals surface area contributed by atoms with E-state index in [9.17, 15) is 22.4 Å². The summed E-state index contributed by atoms with van der Waals surface area (Å²) < 4.78 is 53.6. The van der Waals surface area contributed by atoms with Gasteiger partial charge in [0.05, 0.1) is 18.0 Å². The molecule has 3 aliphatic rings. The molecule has 0 spiro atoms. The number of carbonyl (C=O) groups excluding carboxylic acids is 1. The van der Waals surface area contributed by atoms with Crippen molar-refractivity contribution in [1.29, 1.82) is 0 Å². The Balaban J connectivity index is 1.28. The van der Waals surface area contributed by atoms with Gasteiger partial charge >= 0.3 is 6.18 Å². The molecule has 1 saturated heterocycles. The molecule has 194 valence electrons. The van der Waals surface area contributed by atoms with Crippen LogP contribution in [0.4, 0.5) is 23.5 Å². The number of allylic oxidation sites excluding steroid dienone is 3. The number of nitrogens with zero attached hydrogens (tertiary/aromatic N) is 4. The van der Waals surface area contributed by atoms with E-state index in [0.29, 0.717) is 38.3 Å². The van der Waals surface area contributed by atoms with Gasteiger partial charge in [0, 0.05) is 43.5 Å². The highest BCUT2D eigenvalue weighted by Gasteiger charge is 2.36. The van der Waals surface area contributed by atoms with Crippen LogP contribution >= 0.6 is 0 Å². The van der Waals surface area contributed by atoms with Crippen LogP contribution in [0.2, 0.25) is 0 Å². The van der Waals surface area contributed by atoms with E-state index in [-0.39, 0.29) is 29.9 Å². The van der Waals surface area contributed by atoms with Gasteiger partial charge in [0.15, 0.2) is 0 Å². The molecule has 0 bridgehead atoms. The van der Waals surface area contributed by atoms with Gasteiger partial charge < -0.3 is 4.90 Å². The zero-order valence-electron chi connectivity index (χ0n) is 20.0. The van der Waals surface area contributed by atoms with Crippen molar-refractivity contribution in [2.45, 2.75) is 44.1 Å². The number of benzene rings is 1. The second kappa shape index (κ2) is 10.5. The van der Waals surface area contributed by atoms with Crippen molar-refractivity contribution in [3.8, 4) is 0 Å². The summed E-state index contributed by atoms with van der Waals surface area (Å²) in [5.74, 6) is 0.269. The van der Waals surface area contributed by atoms with Gasteiger partial charge in [-0.1, -0.05) is 36.4 Å². The number of amides is 1. The summed E-state index contributed by atoms with van der Waals surface area (Å²) in [7, 11) is 0. The molecule has 2 aromatic rings. The first-order valence-corrected chi connectivity index (χ1v) is 12.3. The van der Waals surface area contributed by atoms with Crippen molar-refractivity contribution in [2.75, 3.05) is 18.1 Å². The third-order valence-electron chi connectivity index (χ3n) is 6.98. The standard InChI is InChI=1S/C27H27F4N5O/c28-21-8-6-18(7-9-21)23-17-24(36(34-23)26-32-12-3-13-33-26)19-10-14-35(15-11-19)25(37)16-20-4-1-2-5-22(20)27(29,30)31/h1-8,12-13,17,19,21,23,34H,9-11,14-16H2. The number of alkyl halides is 4. The van der Waals surface area contributed by atoms with Crippen LogP contribution in [-0.4, -0.2) is 46.1 Å². The maximum absolute atomic E-state index is 13.6. The van der Waals surface area contributed by atoms with Crippen molar-refractivity contribution in [2.24, 2.45) is 5.92 Å². The van der Waals surface area contributed by atoms with E-state index in [1.165, 1.54) is 18.2 Å². The maximum Gasteiger partial charge on any atom is 0.416 e. The minimum Gasteiger partial charge on any atom is -0.342 e. The lowest BCUT2D eigenvalue weighted by molar-refractivity contribution is -0.138. The maximum atomic E-state index is 13.6. The molecule has 1 aliphatic carbocycles. The van der Waals surface area contributed by atoms with Crippen molar-refractivity contribution < 1.29 is 22.4 Å². The molecule has 37 heavy (non-hydrogen) atoms. The van der Waals surface area contributed by atoms with Gasteiger partial charge in [0.25, 0.3) is 0 Å². The Bertz CT molecular complexity index is 1220. The molecule has 2 aliphatic heterocycles. The summed E-state index contributed by atoms with van der Waals surface area (Å²) in [5.41, 5.74) is 4.57. The van der Waals surface area contributed by atoms with Crippen molar-refractivity contribution in [1.82, 2.24) is 20.3 Å². The molecule has 1 fully saturated rings. The number of hydrogen-bond acceptors (Lipinski definition) is 5. The van der Waals surface area contributed by atoms with E-state index < -0.39 is 17.9 Å². The minimum atomic E-state index is -4.50. The van der Waals surface area contributed by atoms with Crippen LogP contribution in [0.1, 0.15) is 30.4 Å². The summed E-state index contributed by atoms with van der Waals surface area (Å²) in [5, 5.41) is 1.85. The Morgan fingerprint density at radius 2 is 1.81 bits per heavy atom. The van der Waals surface area contributed by atoms with Gasteiger partial charge in [-0.05, 0) is 42.2 Å². The molecule has 1 N–H and O–H groups in total. The smallest absolute Gasteiger partial charge is 0.342 e. The predicted molar refractivity (Wildman–Crippen MR) is 131 cm³/mol. The van der Waals surface area contributed by atoms with E-state index in [1.54, 1.807) is 35.5 Å². The van der Waals surface area contributed by atoms with Gasteiger partial charge in [0.2, 0.25) is 11.9 Å². The summed E-state index contributed by atoms with van der Waals surface area (Å²) >= 11 is 0. The van der Waals surface area contributed by atoms with Crippen molar-refractivity contribution >= 4 is 11.9 Å². The minimum absolute atomic E-state index is 0.00982. The number of piperidine rings is 1. The monoisotopic (exact) mass is 513 g/mol. The van der Waals surface area contributed by atoms with Gasteiger partial charge in [-0.3, -0.25) is 4.79 Å². The zero-order chi connectivity index (χ0) is 26.0. The molecular weight excluding hydrogens is 486 g/mol. The molecule has 2 atom stereocenters. The predicted octanol–water partition coefficient (Wildman–Crippen LogP) is 4.78. The summed E-state index contributed by atoms with van der Waals surface area (Å²) in [6, 6.07) is 6.78. The first-order chi connectivity index (χ1) is 17.8. The fraction of sp³-hybridized carbons (Fsp3) is 0.370. The number of hydrazine groups is 1. The number of carbonyl (C=O) groups is 1. The number of anilines is 1. The molecule has 1 amide bonds. The van der Waals surface area contributed by atoms with Crippen LogP contribution in [-0.2, 0) is 17.4 Å². The Morgan fingerprint density at radius 1 is 1.08 bits per heavy atom. The Hall–Kier alpha value is -3.53. The number of likely N-dealkylation sites (tertiary alicyclic amines) is 1. The third-order valence-corrected chi connectivity index (χ3v) is 6.98. The van der Waals surface area contributed by atoms with E-state index in [0.717, 1.165) is 17.3 Å². The Labute approximate surface area is 212 Å². The van der Waals surface area contributed by atoms with E-state index >= 15 is 0 Å². The second-order valence-corrected chi connectivity index (χ2v) is 9.38. The number of aromatic nitrogens is 2. The van der Waals surface area contributed by atoms with E-state index in [4.69, 9.17) is 0 Å². The first-order valence-electron chi connectivity index (χ1n) is 12.3. The van der Waals surface area contributed by atoms with Gasteiger partial charge in [0.1, 0.15) is 6.17 Å². The quantitative estimate of drug-likeness (QED) is 0.584. The topological polar surface area (TPSA) is 61.4 Å². The molecule has 1 aromatic carbocycles. The van der Waals surface area contributed by atoms with Crippen molar-refractivity contribution in [3.63, 3.8) is 0 Å². The largest absolute Gasteiger partial charge is 0.416 e. The van der Waals surface area contributed by atoms with Gasteiger partial charge in [-0.15, -0.1) is 0 Å². The lowest BCUT2D eigenvalue weighted by Gasteiger charge is -2.35. The molecule has 0 radical (unpaired) electrons. The normalized spacial score (nSPS) is 22.7. The zero-order valence-corrected chi connectivity index (χ0v) is 20.0. The van der Waals surface area contributed by atoms with Crippen LogP contribution in [0.15, 0.2) is 78.3 Å². The number of rotatable bonds is 5. The SMILES string of the molecule is O=C(Cc1ccccc1C(F)(F)F)N1CCC(C2=CC(C3=CCC(F)C=C3)NN2c2ncccn2)CC1. The Morgan fingerprint density at radius 3 is 2.49 bits per heavy atom. The summed E-state index contributed by atoms with van der Waals surface area (Å²) in [6.45, 7) is 0.880.